The first-order valence-electron chi connectivity index (χ1n) is 4.91. The second kappa shape index (κ2) is 5.78. The third-order valence-corrected chi connectivity index (χ3v) is 2.31. The Hall–Kier alpha value is -0.870. The molecule has 14 heavy (non-hydrogen) atoms. The zero-order chi connectivity index (χ0) is 10.4. The normalized spacial score (nSPS) is 23.3. The summed E-state index contributed by atoms with van der Waals surface area (Å²) in [6.45, 7) is 6.44. The van der Waals surface area contributed by atoms with Crippen molar-refractivity contribution in [2.75, 3.05) is 26.2 Å². The predicted octanol–water partition coefficient (Wildman–Crippen LogP) is 0.738. The average molecular weight is 199 g/mol. The molecule has 0 amide bonds. The molecule has 0 radical (unpaired) electrons. The first-order chi connectivity index (χ1) is 6.74. The van der Waals surface area contributed by atoms with Crippen molar-refractivity contribution in [3.63, 3.8) is 0 Å². The van der Waals surface area contributed by atoms with Crippen LogP contribution in [-0.2, 0) is 9.53 Å². The molecule has 1 fully saturated rings. The van der Waals surface area contributed by atoms with Crippen LogP contribution in [-0.4, -0.2) is 48.3 Å². The van der Waals surface area contributed by atoms with Crippen molar-refractivity contribution >= 4 is 5.97 Å². The number of carboxylic acid groups (broad SMARTS) is 1. The number of unbranched alkanes of at least 4 members (excludes halogenated alkanes) is 1. The molecule has 0 aliphatic carbocycles. The molecule has 0 bridgehead atoms. The molecule has 0 saturated carbocycles. The lowest BCUT2D eigenvalue weighted by Crippen LogP contribution is -2.46. The van der Waals surface area contributed by atoms with E-state index in [0.29, 0.717) is 13.2 Å². The van der Waals surface area contributed by atoms with Gasteiger partial charge in [0.15, 0.2) is 6.10 Å². The van der Waals surface area contributed by atoms with Crippen LogP contribution < -0.4 is 0 Å². The van der Waals surface area contributed by atoms with Crippen LogP contribution in [0.15, 0.2) is 12.7 Å². The molecule has 0 spiro atoms. The number of aliphatic carboxylic acids is 1. The molecule has 0 aromatic carbocycles. The molecular formula is C10H17NO3. The Morgan fingerprint density at radius 2 is 2.50 bits per heavy atom. The molecule has 4 nitrogen and oxygen atoms in total. The Morgan fingerprint density at radius 1 is 1.71 bits per heavy atom. The number of allylic oxidation sites excluding steroid dienone is 1. The van der Waals surface area contributed by atoms with E-state index in [2.05, 4.69) is 11.5 Å². The van der Waals surface area contributed by atoms with E-state index >= 15 is 0 Å². The van der Waals surface area contributed by atoms with Crippen LogP contribution in [0.4, 0.5) is 0 Å². The van der Waals surface area contributed by atoms with Crippen LogP contribution in [0, 0.1) is 0 Å². The van der Waals surface area contributed by atoms with Crippen LogP contribution >= 0.6 is 0 Å². The Bertz CT molecular complexity index is 206. The standard InChI is InChI=1S/C10H17NO3/c1-2-3-4-5-11-6-7-14-9(8-11)10(12)13/h2,9H,1,3-8H2,(H,12,13). The number of rotatable bonds is 5. The fraction of sp³-hybridized carbons (Fsp3) is 0.700. The summed E-state index contributed by atoms with van der Waals surface area (Å²) in [6.07, 6.45) is 3.26. The van der Waals surface area contributed by atoms with Crippen molar-refractivity contribution < 1.29 is 14.6 Å². The first-order valence-corrected chi connectivity index (χ1v) is 4.91. The summed E-state index contributed by atoms with van der Waals surface area (Å²) in [5.74, 6) is -0.863. The van der Waals surface area contributed by atoms with Crippen LogP contribution in [0.3, 0.4) is 0 Å². The topological polar surface area (TPSA) is 49.8 Å². The molecule has 1 heterocycles. The number of morpholine rings is 1. The van der Waals surface area contributed by atoms with E-state index in [9.17, 15) is 4.79 Å². The summed E-state index contributed by atoms with van der Waals surface area (Å²) < 4.78 is 5.11. The molecule has 0 aromatic heterocycles. The van der Waals surface area contributed by atoms with Gasteiger partial charge in [-0.3, -0.25) is 4.90 Å². The second-order valence-corrected chi connectivity index (χ2v) is 3.43. The summed E-state index contributed by atoms with van der Waals surface area (Å²) >= 11 is 0. The molecule has 0 aromatic rings. The summed E-state index contributed by atoms with van der Waals surface area (Å²) in [7, 11) is 0. The quantitative estimate of drug-likeness (QED) is 0.524. The summed E-state index contributed by atoms with van der Waals surface area (Å²) in [5, 5.41) is 8.76. The molecular weight excluding hydrogens is 182 g/mol. The fourth-order valence-corrected chi connectivity index (χ4v) is 1.51. The number of carbonyl (C=O) groups is 1. The van der Waals surface area contributed by atoms with E-state index in [4.69, 9.17) is 9.84 Å². The maximum Gasteiger partial charge on any atom is 0.334 e. The van der Waals surface area contributed by atoms with Crippen LogP contribution in [0.25, 0.3) is 0 Å². The summed E-state index contributed by atoms with van der Waals surface area (Å²) in [6, 6.07) is 0. The number of hydrogen-bond acceptors (Lipinski definition) is 3. The van der Waals surface area contributed by atoms with Gasteiger partial charge >= 0.3 is 5.97 Å². The van der Waals surface area contributed by atoms with Gasteiger partial charge in [0, 0.05) is 13.1 Å². The monoisotopic (exact) mass is 199 g/mol. The maximum absolute atomic E-state index is 10.7. The molecule has 1 rings (SSSR count). The highest BCUT2D eigenvalue weighted by Gasteiger charge is 2.25. The van der Waals surface area contributed by atoms with Gasteiger partial charge in [0.2, 0.25) is 0 Å². The third kappa shape index (κ3) is 3.47. The van der Waals surface area contributed by atoms with E-state index in [1.54, 1.807) is 0 Å². The SMILES string of the molecule is C=CCCCN1CCOC(C(=O)O)C1. The number of nitrogens with zero attached hydrogens (tertiary/aromatic N) is 1. The maximum atomic E-state index is 10.7. The second-order valence-electron chi connectivity index (χ2n) is 3.43. The third-order valence-electron chi connectivity index (χ3n) is 2.31. The van der Waals surface area contributed by atoms with Gasteiger partial charge in [-0.15, -0.1) is 6.58 Å². The van der Waals surface area contributed by atoms with Gasteiger partial charge < -0.3 is 9.84 Å². The predicted molar refractivity (Wildman–Crippen MR) is 53.2 cm³/mol. The molecule has 1 N–H and O–H groups in total. The van der Waals surface area contributed by atoms with Gasteiger partial charge in [-0.25, -0.2) is 4.79 Å². The van der Waals surface area contributed by atoms with Crippen LogP contribution in [0.1, 0.15) is 12.8 Å². The van der Waals surface area contributed by atoms with E-state index in [1.807, 2.05) is 6.08 Å². The Kier molecular flexibility index (Phi) is 4.62. The van der Waals surface area contributed by atoms with Crippen LogP contribution in [0.2, 0.25) is 0 Å². The highest BCUT2D eigenvalue weighted by molar-refractivity contribution is 5.72. The lowest BCUT2D eigenvalue weighted by molar-refractivity contribution is -0.156. The van der Waals surface area contributed by atoms with Crippen LogP contribution in [0.5, 0.6) is 0 Å². The fourth-order valence-electron chi connectivity index (χ4n) is 1.51. The highest BCUT2D eigenvalue weighted by atomic mass is 16.5. The highest BCUT2D eigenvalue weighted by Crippen LogP contribution is 2.06. The Balaban J connectivity index is 2.25. The zero-order valence-corrected chi connectivity index (χ0v) is 8.32. The molecule has 1 saturated heterocycles. The Labute approximate surface area is 84.2 Å². The van der Waals surface area contributed by atoms with Gasteiger partial charge in [-0.05, 0) is 19.4 Å². The average Bonchev–Trinajstić information content (AvgIpc) is 2.19. The van der Waals surface area contributed by atoms with Gasteiger partial charge in [0.25, 0.3) is 0 Å². The summed E-state index contributed by atoms with van der Waals surface area (Å²) in [4.78, 5) is 12.8. The van der Waals surface area contributed by atoms with Crippen molar-refractivity contribution in [3.05, 3.63) is 12.7 Å². The Morgan fingerprint density at radius 3 is 3.14 bits per heavy atom. The largest absolute Gasteiger partial charge is 0.479 e. The minimum Gasteiger partial charge on any atom is -0.479 e. The lowest BCUT2D eigenvalue weighted by Gasteiger charge is -2.30. The van der Waals surface area contributed by atoms with E-state index in [0.717, 1.165) is 25.9 Å². The van der Waals surface area contributed by atoms with Crippen molar-refractivity contribution in [1.29, 1.82) is 0 Å². The first kappa shape index (κ1) is 11.2. The zero-order valence-electron chi connectivity index (χ0n) is 8.32. The van der Waals surface area contributed by atoms with Crippen molar-refractivity contribution in [3.8, 4) is 0 Å². The minimum absolute atomic E-state index is 0.506. The number of carboxylic acids is 1. The molecule has 1 atom stereocenters. The van der Waals surface area contributed by atoms with Gasteiger partial charge in [-0.1, -0.05) is 6.08 Å². The van der Waals surface area contributed by atoms with Gasteiger partial charge in [0.1, 0.15) is 0 Å². The van der Waals surface area contributed by atoms with Gasteiger partial charge in [-0.2, -0.15) is 0 Å². The van der Waals surface area contributed by atoms with E-state index < -0.39 is 12.1 Å². The molecule has 4 heteroatoms. The van der Waals surface area contributed by atoms with E-state index in [-0.39, 0.29) is 0 Å². The minimum atomic E-state index is -0.863. The van der Waals surface area contributed by atoms with Crippen molar-refractivity contribution in [1.82, 2.24) is 4.90 Å². The van der Waals surface area contributed by atoms with Gasteiger partial charge in [0.05, 0.1) is 6.61 Å². The molecule has 1 unspecified atom stereocenters. The van der Waals surface area contributed by atoms with Crippen molar-refractivity contribution in [2.45, 2.75) is 18.9 Å². The smallest absolute Gasteiger partial charge is 0.334 e. The number of ether oxygens (including phenoxy) is 1. The molecule has 1 aliphatic rings. The molecule has 80 valence electrons. The van der Waals surface area contributed by atoms with Crippen molar-refractivity contribution in [2.24, 2.45) is 0 Å². The lowest BCUT2D eigenvalue weighted by atomic mass is 10.2. The summed E-state index contributed by atoms with van der Waals surface area (Å²) in [5.41, 5.74) is 0. The van der Waals surface area contributed by atoms with E-state index in [1.165, 1.54) is 0 Å². The molecule has 1 aliphatic heterocycles. The number of hydrogen-bond donors (Lipinski definition) is 1.